The van der Waals surface area contributed by atoms with E-state index in [1.165, 1.54) is 30.0 Å². The number of hydrogen-bond acceptors (Lipinski definition) is 3. The molecule has 7 heteroatoms. The van der Waals surface area contributed by atoms with Crippen molar-refractivity contribution in [2.75, 3.05) is 30.4 Å². The topological polar surface area (TPSA) is 40.6 Å². The van der Waals surface area contributed by atoms with Crippen molar-refractivity contribution in [2.45, 2.75) is 12.6 Å². The number of hydrogen-bond donors (Lipinski definition) is 0. The van der Waals surface area contributed by atoms with Gasteiger partial charge in [0, 0.05) is 26.3 Å². The Morgan fingerprint density at radius 3 is 2.50 bits per heavy atom. The number of alkyl halides is 3. The second-order valence-corrected chi connectivity index (χ2v) is 4.68. The van der Waals surface area contributed by atoms with Gasteiger partial charge in [0.05, 0.1) is 17.7 Å². The first-order valence-corrected chi connectivity index (χ1v) is 5.95. The van der Waals surface area contributed by atoms with Crippen molar-refractivity contribution < 1.29 is 22.8 Å². The zero-order chi connectivity index (χ0) is 15.1. The minimum absolute atomic E-state index is 0.187. The van der Waals surface area contributed by atoms with Gasteiger partial charge in [0.25, 0.3) is 11.7 Å². The van der Waals surface area contributed by atoms with Crippen molar-refractivity contribution >= 4 is 23.1 Å². The molecule has 0 bridgehead atoms. The monoisotopic (exact) mass is 286 g/mol. The van der Waals surface area contributed by atoms with Gasteiger partial charge in [0.2, 0.25) is 0 Å². The van der Waals surface area contributed by atoms with Crippen molar-refractivity contribution in [1.82, 2.24) is 0 Å². The van der Waals surface area contributed by atoms with Gasteiger partial charge >= 0.3 is 6.18 Å². The number of halogens is 3. The molecule has 1 amide bonds. The van der Waals surface area contributed by atoms with E-state index >= 15 is 0 Å². The van der Waals surface area contributed by atoms with E-state index in [1.807, 2.05) is 0 Å². The predicted molar refractivity (Wildman–Crippen MR) is 68.1 cm³/mol. The van der Waals surface area contributed by atoms with Crippen LogP contribution in [0.15, 0.2) is 18.2 Å². The molecule has 1 heterocycles. The molecule has 0 unspecified atom stereocenters. The van der Waals surface area contributed by atoms with Crippen LogP contribution in [0.2, 0.25) is 0 Å². The van der Waals surface area contributed by atoms with E-state index in [2.05, 4.69) is 0 Å². The molecule has 0 atom stereocenters. The number of carbonyl (C=O) groups excluding carboxylic acids is 2. The van der Waals surface area contributed by atoms with E-state index in [0.717, 1.165) is 0 Å². The number of ketones is 1. The third kappa shape index (κ3) is 2.61. The first-order valence-electron chi connectivity index (χ1n) is 5.95. The third-order valence-corrected chi connectivity index (χ3v) is 3.26. The first kappa shape index (κ1) is 14.4. The highest BCUT2D eigenvalue weighted by Crippen LogP contribution is 2.32. The zero-order valence-corrected chi connectivity index (χ0v) is 11.0. The maximum absolute atomic E-state index is 12.2. The number of Topliss-reactive ketones (excluding diaryl/α,β-unsaturated/α-hetero) is 1. The molecule has 0 aromatic heterocycles. The lowest BCUT2D eigenvalue weighted by Gasteiger charge is -2.21. The summed E-state index contributed by atoms with van der Waals surface area (Å²) in [5, 5.41) is 0. The fourth-order valence-corrected chi connectivity index (χ4v) is 2.03. The molecule has 0 aliphatic carbocycles. The van der Waals surface area contributed by atoms with E-state index in [-0.39, 0.29) is 12.1 Å². The minimum atomic E-state index is -4.21. The van der Waals surface area contributed by atoms with Gasteiger partial charge in [-0.3, -0.25) is 9.59 Å². The van der Waals surface area contributed by atoms with E-state index in [1.54, 1.807) is 12.1 Å². The lowest BCUT2D eigenvalue weighted by atomic mass is 10.1. The van der Waals surface area contributed by atoms with Gasteiger partial charge in [-0.15, -0.1) is 0 Å². The van der Waals surface area contributed by atoms with Gasteiger partial charge in [-0.25, -0.2) is 0 Å². The maximum Gasteiger partial charge on any atom is 0.390 e. The number of anilines is 2. The molecular formula is C13H13F3N2O2. The Morgan fingerprint density at radius 1 is 1.25 bits per heavy atom. The highest BCUT2D eigenvalue weighted by molar-refractivity contribution is 6.52. The SMILES string of the molecule is CN(CCC(F)(F)F)c1ccc2c(c1)N(C)C(=O)C2=O. The number of amides is 1. The summed E-state index contributed by atoms with van der Waals surface area (Å²) >= 11 is 0. The Hall–Kier alpha value is -2.05. The van der Waals surface area contributed by atoms with Gasteiger partial charge in [-0.05, 0) is 18.2 Å². The molecule has 0 saturated carbocycles. The molecule has 108 valence electrons. The highest BCUT2D eigenvalue weighted by Gasteiger charge is 2.33. The van der Waals surface area contributed by atoms with E-state index in [9.17, 15) is 22.8 Å². The van der Waals surface area contributed by atoms with E-state index in [0.29, 0.717) is 11.4 Å². The van der Waals surface area contributed by atoms with Gasteiger partial charge in [-0.1, -0.05) is 0 Å². The zero-order valence-electron chi connectivity index (χ0n) is 11.0. The van der Waals surface area contributed by atoms with Gasteiger partial charge in [0.15, 0.2) is 0 Å². The standard InChI is InChI=1S/C13H13F3N2O2/c1-17(6-5-13(14,15)16)8-3-4-9-10(7-8)18(2)12(20)11(9)19/h3-4,7H,5-6H2,1-2H3. The summed E-state index contributed by atoms with van der Waals surface area (Å²) in [4.78, 5) is 25.8. The molecule has 1 aromatic carbocycles. The Bertz CT molecular complexity index is 569. The van der Waals surface area contributed by atoms with Crippen LogP contribution in [0.4, 0.5) is 24.5 Å². The molecule has 4 nitrogen and oxygen atoms in total. The van der Waals surface area contributed by atoms with Crippen LogP contribution in [0.3, 0.4) is 0 Å². The summed E-state index contributed by atoms with van der Waals surface area (Å²) in [6.07, 6.45) is -5.14. The quantitative estimate of drug-likeness (QED) is 0.800. The number of carbonyl (C=O) groups is 2. The maximum atomic E-state index is 12.2. The molecule has 0 saturated heterocycles. The predicted octanol–water partition coefficient (Wildman–Crippen LogP) is 2.23. The summed E-state index contributed by atoms with van der Waals surface area (Å²) in [5.74, 6) is -1.22. The van der Waals surface area contributed by atoms with Gasteiger partial charge in [0.1, 0.15) is 0 Å². The fraction of sp³-hybridized carbons (Fsp3) is 0.385. The summed E-state index contributed by atoms with van der Waals surface area (Å²) in [6, 6.07) is 4.56. The first-order chi connectivity index (χ1) is 9.20. The lowest BCUT2D eigenvalue weighted by Crippen LogP contribution is -2.25. The Morgan fingerprint density at radius 2 is 1.90 bits per heavy atom. The van der Waals surface area contributed by atoms with Crippen LogP contribution in [0.5, 0.6) is 0 Å². The average molecular weight is 286 g/mol. The molecule has 0 N–H and O–H groups in total. The van der Waals surface area contributed by atoms with E-state index in [4.69, 9.17) is 0 Å². The molecule has 20 heavy (non-hydrogen) atoms. The highest BCUT2D eigenvalue weighted by atomic mass is 19.4. The molecule has 0 spiro atoms. The number of rotatable bonds is 3. The summed E-state index contributed by atoms with van der Waals surface area (Å²) in [7, 11) is 3.00. The summed E-state index contributed by atoms with van der Waals surface area (Å²) in [5.41, 5.74) is 1.24. The Balaban J connectivity index is 2.20. The van der Waals surface area contributed by atoms with Gasteiger partial charge < -0.3 is 9.80 Å². The fourth-order valence-electron chi connectivity index (χ4n) is 2.03. The molecule has 1 aliphatic heterocycles. The van der Waals surface area contributed by atoms with Crippen LogP contribution in [-0.4, -0.2) is 38.5 Å². The second kappa shape index (κ2) is 4.81. The normalized spacial score (nSPS) is 14.8. The molecule has 2 rings (SSSR count). The van der Waals surface area contributed by atoms with Crippen molar-refractivity contribution in [3.63, 3.8) is 0 Å². The van der Waals surface area contributed by atoms with Crippen molar-refractivity contribution in [2.24, 2.45) is 0 Å². The number of nitrogens with zero attached hydrogens (tertiary/aromatic N) is 2. The van der Waals surface area contributed by atoms with E-state index < -0.39 is 24.3 Å². The second-order valence-electron chi connectivity index (χ2n) is 4.68. The molecule has 0 radical (unpaired) electrons. The molecule has 1 aliphatic rings. The Kier molecular flexibility index (Phi) is 3.45. The number of fused-ring (bicyclic) bond motifs is 1. The van der Waals surface area contributed by atoms with Crippen molar-refractivity contribution in [1.29, 1.82) is 0 Å². The smallest absolute Gasteiger partial charge is 0.374 e. The van der Waals surface area contributed by atoms with Crippen LogP contribution in [-0.2, 0) is 4.79 Å². The third-order valence-electron chi connectivity index (χ3n) is 3.26. The lowest BCUT2D eigenvalue weighted by molar-refractivity contribution is -0.132. The van der Waals surface area contributed by atoms with Crippen LogP contribution < -0.4 is 9.80 Å². The van der Waals surface area contributed by atoms with Gasteiger partial charge in [-0.2, -0.15) is 13.2 Å². The molecule has 1 aromatic rings. The summed E-state index contributed by atoms with van der Waals surface area (Å²) < 4.78 is 36.6. The Labute approximate surface area is 113 Å². The number of benzene rings is 1. The van der Waals surface area contributed by atoms with Crippen LogP contribution >= 0.6 is 0 Å². The van der Waals surface area contributed by atoms with Crippen molar-refractivity contribution in [3.8, 4) is 0 Å². The average Bonchev–Trinajstić information content (AvgIpc) is 2.60. The van der Waals surface area contributed by atoms with Crippen LogP contribution in [0.1, 0.15) is 16.8 Å². The van der Waals surface area contributed by atoms with Crippen molar-refractivity contribution in [3.05, 3.63) is 23.8 Å². The number of likely N-dealkylation sites (N-methyl/N-ethyl adjacent to an activating group) is 1. The molecule has 0 fully saturated rings. The molecular weight excluding hydrogens is 273 g/mol. The van der Waals surface area contributed by atoms with Crippen LogP contribution in [0, 0.1) is 0 Å². The minimum Gasteiger partial charge on any atom is -0.374 e. The largest absolute Gasteiger partial charge is 0.390 e. The van der Waals surface area contributed by atoms with Crippen LogP contribution in [0.25, 0.3) is 0 Å². The summed E-state index contributed by atoms with van der Waals surface area (Å²) in [6.45, 7) is -0.187.